The molecule has 14 heteroatoms. The number of aliphatic carboxylic acids is 2. The number of aliphatic hydroxyl groups excluding tert-OH is 1. The van der Waals surface area contributed by atoms with Gasteiger partial charge in [0, 0.05) is 0 Å². The molecule has 0 saturated carbocycles. The van der Waals surface area contributed by atoms with Gasteiger partial charge in [-0.15, -0.1) is 0 Å². The van der Waals surface area contributed by atoms with Crippen molar-refractivity contribution < 1.29 is 44.1 Å². The third-order valence-electron chi connectivity index (χ3n) is 3.32. The molecule has 10 N–H and O–H groups in total. The second-order valence-corrected chi connectivity index (χ2v) is 5.75. The molecule has 14 nitrogen and oxygen atoms in total. The van der Waals surface area contributed by atoms with Crippen molar-refractivity contribution in [3.8, 4) is 0 Å². The Morgan fingerprint density at radius 1 is 0.857 bits per heavy atom. The van der Waals surface area contributed by atoms with E-state index in [0.29, 0.717) is 0 Å². The zero-order chi connectivity index (χ0) is 22.0. The zero-order valence-corrected chi connectivity index (χ0v) is 14.9. The first-order chi connectivity index (χ1) is 12.9. The molecule has 0 aromatic rings. The van der Waals surface area contributed by atoms with E-state index >= 15 is 0 Å². The fourth-order valence-corrected chi connectivity index (χ4v) is 1.83. The number of aliphatic hydroxyl groups is 1. The van der Waals surface area contributed by atoms with Crippen LogP contribution in [0.1, 0.15) is 19.8 Å². The van der Waals surface area contributed by atoms with Crippen LogP contribution in [0.25, 0.3) is 0 Å². The van der Waals surface area contributed by atoms with Crippen molar-refractivity contribution in [2.24, 2.45) is 11.5 Å². The van der Waals surface area contributed by atoms with Crippen LogP contribution >= 0.6 is 0 Å². The zero-order valence-electron chi connectivity index (χ0n) is 14.9. The van der Waals surface area contributed by atoms with Crippen molar-refractivity contribution in [1.82, 2.24) is 16.0 Å². The maximum atomic E-state index is 12.1. The Hall–Kier alpha value is -3.26. The molecular weight excluding hydrogens is 382 g/mol. The van der Waals surface area contributed by atoms with Crippen LogP contribution in [-0.2, 0) is 28.8 Å². The number of hydrogen-bond acceptors (Lipinski definition) is 8. The van der Waals surface area contributed by atoms with E-state index in [1.54, 1.807) is 0 Å². The molecule has 0 aliphatic heterocycles. The summed E-state index contributed by atoms with van der Waals surface area (Å²) in [6.07, 6.45) is -1.36. The lowest BCUT2D eigenvalue weighted by molar-refractivity contribution is -0.143. The fourth-order valence-electron chi connectivity index (χ4n) is 1.83. The Morgan fingerprint density at radius 3 is 1.82 bits per heavy atom. The lowest BCUT2D eigenvalue weighted by Crippen LogP contribution is -2.57. The standard InChI is InChI=1S/C14H23N5O9/c1-5(17-12(25)6(15)2-10(22)23)11(24)18-7(3-9(16)21)13(26)19-8(4-20)14(27)28/h5-8,20H,2-4,15H2,1H3,(H2,16,21)(H,17,25)(H,18,24)(H,19,26)(H,22,23)(H,27,28). The number of hydrogen-bond donors (Lipinski definition) is 8. The van der Waals surface area contributed by atoms with Crippen molar-refractivity contribution in [2.45, 2.75) is 43.9 Å². The molecule has 0 heterocycles. The van der Waals surface area contributed by atoms with Crippen molar-refractivity contribution in [3.05, 3.63) is 0 Å². The highest BCUT2D eigenvalue weighted by molar-refractivity contribution is 5.96. The first-order valence-electron chi connectivity index (χ1n) is 7.89. The van der Waals surface area contributed by atoms with Crippen molar-refractivity contribution >= 4 is 35.6 Å². The maximum Gasteiger partial charge on any atom is 0.328 e. The maximum absolute atomic E-state index is 12.1. The predicted molar refractivity (Wildman–Crippen MR) is 90.2 cm³/mol. The monoisotopic (exact) mass is 405 g/mol. The van der Waals surface area contributed by atoms with Crippen LogP contribution in [0.2, 0.25) is 0 Å². The van der Waals surface area contributed by atoms with E-state index in [2.05, 4.69) is 10.6 Å². The normalized spacial score (nSPS) is 14.7. The summed E-state index contributed by atoms with van der Waals surface area (Å²) in [5.74, 6) is -6.85. The van der Waals surface area contributed by atoms with Crippen LogP contribution in [0.15, 0.2) is 0 Å². The minimum Gasteiger partial charge on any atom is -0.481 e. The van der Waals surface area contributed by atoms with E-state index in [1.165, 1.54) is 6.92 Å². The van der Waals surface area contributed by atoms with Crippen LogP contribution < -0.4 is 27.4 Å². The average Bonchev–Trinajstić information content (AvgIpc) is 2.57. The highest BCUT2D eigenvalue weighted by Gasteiger charge is 2.29. The van der Waals surface area contributed by atoms with Gasteiger partial charge >= 0.3 is 11.9 Å². The molecule has 0 aromatic heterocycles. The van der Waals surface area contributed by atoms with Gasteiger partial charge in [-0.2, -0.15) is 0 Å². The van der Waals surface area contributed by atoms with Gasteiger partial charge in [0.15, 0.2) is 0 Å². The van der Waals surface area contributed by atoms with Gasteiger partial charge in [0.25, 0.3) is 0 Å². The minimum atomic E-state index is -1.68. The molecule has 28 heavy (non-hydrogen) atoms. The molecule has 158 valence electrons. The van der Waals surface area contributed by atoms with Gasteiger partial charge in [0.1, 0.15) is 18.1 Å². The van der Waals surface area contributed by atoms with E-state index in [4.69, 9.17) is 26.8 Å². The average molecular weight is 405 g/mol. The number of amides is 4. The molecule has 0 saturated heterocycles. The van der Waals surface area contributed by atoms with Gasteiger partial charge in [0.05, 0.1) is 25.5 Å². The third-order valence-corrected chi connectivity index (χ3v) is 3.32. The summed E-state index contributed by atoms with van der Waals surface area (Å²) in [4.78, 5) is 68.4. The summed E-state index contributed by atoms with van der Waals surface area (Å²) in [7, 11) is 0. The lowest BCUT2D eigenvalue weighted by Gasteiger charge is -2.22. The molecular formula is C14H23N5O9. The molecule has 0 bridgehead atoms. The first-order valence-corrected chi connectivity index (χ1v) is 7.89. The molecule has 4 amide bonds. The SMILES string of the molecule is CC(NC(=O)C(N)CC(=O)O)C(=O)NC(CC(N)=O)C(=O)NC(CO)C(=O)O. The molecule has 0 fully saturated rings. The van der Waals surface area contributed by atoms with E-state index < -0.39 is 79.2 Å². The highest BCUT2D eigenvalue weighted by Crippen LogP contribution is 1.97. The van der Waals surface area contributed by atoms with Crippen molar-refractivity contribution in [2.75, 3.05) is 6.61 Å². The number of primary amides is 1. The Kier molecular flexibility index (Phi) is 10.1. The van der Waals surface area contributed by atoms with E-state index in [-0.39, 0.29) is 0 Å². The van der Waals surface area contributed by atoms with Crippen molar-refractivity contribution in [1.29, 1.82) is 0 Å². The number of carboxylic acid groups (broad SMARTS) is 2. The van der Waals surface area contributed by atoms with Gasteiger partial charge in [-0.05, 0) is 6.92 Å². The van der Waals surface area contributed by atoms with Crippen molar-refractivity contribution in [3.63, 3.8) is 0 Å². The second kappa shape index (κ2) is 11.5. The van der Waals surface area contributed by atoms with Gasteiger partial charge in [-0.25, -0.2) is 4.79 Å². The van der Waals surface area contributed by atoms with Gasteiger partial charge in [0.2, 0.25) is 23.6 Å². The highest BCUT2D eigenvalue weighted by atomic mass is 16.4. The number of nitrogens with two attached hydrogens (primary N) is 2. The summed E-state index contributed by atoms with van der Waals surface area (Å²) in [5.41, 5.74) is 10.3. The molecule has 0 aliphatic rings. The molecule has 0 aliphatic carbocycles. The Balaban J connectivity index is 5.02. The molecule has 0 aromatic carbocycles. The number of carboxylic acids is 2. The van der Waals surface area contributed by atoms with Gasteiger partial charge in [-0.1, -0.05) is 0 Å². The second-order valence-electron chi connectivity index (χ2n) is 5.75. The summed E-state index contributed by atoms with van der Waals surface area (Å²) < 4.78 is 0. The van der Waals surface area contributed by atoms with Crippen LogP contribution in [0, 0.1) is 0 Å². The van der Waals surface area contributed by atoms with Crippen LogP contribution in [-0.4, -0.2) is 81.7 Å². The van der Waals surface area contributed by atoms with Gasteiger partial charge in [-0.3, -0.25) is 24.0 Å². The summed E-state index contributed by atoms with van der Waals surface area (Å²) in [5, 5.41) is 32.5. The minimum absolute atomic E-state index is 0.676. The molecule has 0 rings (SSSR count). The lowest BCUT2D eigenvalue weighted by atomic mass is 10.1. The van der Waals surface area contributed by atoms with Crippen LogP contribution in [0.4, 0.5) is 0 Å². The molecule has 0 spiro atoms. The Bertz CT molecular complexity index is 639. The third kappa shape index (κ3) is 8.91. The van der Waals surface area contributed by atoms with E-state index in [9.17, 15) is 28.8 Å². The predicted octanol–water partition coefficient (Wildman–Crippen LogP) is -4.78. The summed E-state index contributed by atoms with van der Waals surface area (Å²) in [6, 6.07) is -5.95. The topological polar surface area (TPSA) is 251 Å². The smallest absolute Gasteiger partial charge is 0.328 e. The largest absolute Gasteiger partial charge is 0.481 e. The van der Waals surface area contributed by atoms with E-state index in [0.717, 1.165) is 0 Å². The summed E-state index contributed by atoms with van der Waals surface area (Å²) >= 11 is 0. The summed E-state index contributed by atoms with van der Waals surface area (Å²) in [6.45, 7) is 0.264. The van der Waals surface area contributed by atoms with Gasteiger partial charge < -0.3 is 42.7 Å². The van der Waals surface area contributed by atoms with E-state index in [1.807, 2.05) is 5.32 Å². The Morgan fingerprint density at radius 2 is 1.39 bits per heavy atom. The quantitative estimate of drug-likeness (QED) is 0.154. The molecule has 0 radical (unpaired) electrons. The van der Waals surface area contributed by atoms with Crippen LogP contribution in [0.5, 0.6) is 0 Å². The first kappa shape index (κ1) is 24.7. The molecule has 4 atom stereocenters. The number of carbonyl (C=O) groups excluding carboxylic acids is 4. The molecule has 4 unspecified atom stereocenters. The van der Waals surface area contributed by atoms with Crippen LogP contribution in [0.3, 0.4) is 0 Å². The number of nitrogens with one attached hydrogen (secondary N) is 3. The Labute approximate surface area is 158 Å². The number of carbonyl (C=O) groups is 6. The number of rotatable bonds is 12. The fraction of sp³-hybridized carbons (Fsp3) is 0.571.